The minimum Gasteiger partial charge on any atom is -0.366 e. The Morgan fingerprint density at radius 3 is 2.73 bits per heavy atom. The molecule has 0 unspecified atom stereocenters. The van der Waals surface area contributed by atoms with Gasteiger partial charge in [-0.05, 0) is 32.8 Å². The summed E-state index contributed by atoms with van der Waals surface area (Å²) >= 11 is 0. The Morgan fingerprint density at radius 1 is 1.27 bits per heavy atom. The molecule has 22 heavy (non-hydrogen) atoms. The van der Waals surface area contributed by atoms with Crippen LogP contribution in [0.2, 0.25) is 0 Å². The minimum absolute atomic E-state index is 0.214. The summed E-state index contributed by atoms with van der Waals surface area (Å²) in [7, 11) is 0. The first-order chi connectivity index (χ1) is 10.7. The summed E-state index contributed by atoms with van der Waals surface area (Å²) in [5, 5.41) is 16.6. The highest BCUT2D eigenvalue weighted by Crippen LogP contribution is 2.24. The number of nitriles is 1. The van der Waals surface area contributed by atoms with Crippen LogP contribution in [0, 0.1) is 11.3 Å². The molecule has 0 bridgehead atoms. The number of rotatable bonds is 4. The molecule has 6 nitrogen and oxygen atoms in total. The van der Waals surface area contributed by atoms with E-state index in [1.807, 2.05) is 13.8 Å². The monoisotopic (exact) mass is 296 g/mol. The lowest BCUT2D eigenvalue weighted by Gasteiger charge is -2.14. The molecule has 1 saturated carbocycles. The van der Waals surface area contributed by atoms with Gasteiger partial charge in [-0.25, -0.2) is 15.0 Å². The second-order valence-electron chi connectivity index (χ2n) is 6.02. The number of anilines is 2. The predicted molar refractivity (Wildman–Crippen MR) is 86.7 cm³/mol. The molecule has 0 aromatic carbocycles. The van der Waals surface area contributed by atoms with Crippen LogP contribution in [-0.2, 0) is 0 Å². The van der Waals surface area contributed by atoms with E-state index in [0.717, 1.165) is 10.9 Å². The van der Waals surface area contributed by atoms with Gasteiger partial charge in [0.25, 0.3) is 0 Å². The van der Waals surface area contributed by atoms with Crippen LogP contribution in [-0.4, -0.2) is 27.0 Å². The van der Waals surface area contributed by atoms with E-state index in [9.17, 15) is 0 Å². The third kappa shape index (κ3) is 3.08. The second kappa shape index (κ2) is 6.14. The number of hydrogen-bond donors (Lipinski definition) is 2. The highest BCUT2D eigenvalue weighted by molar-refractivity contribution is 5.89. The van der Waals surface area contributed by atoms with Gasteiger partial charge in [0.2, 0.25) is 5.95 Å². The number of fused-ring (bicyclic) bond motifs is 1. The van der Waals surface area contributed by atoms with Crippen LogP contribution in [0.5, 0.6) is 0 Å². The zero-order valence-corrected chi connectivity index (χ0v) is 12.9. The van der Waals surface area contributed by atoms with E-state index in [1.165, 1.54) is 25.7 Å². The Labute approximate surface area is 130 Å². The average Bonchev–Trinajstić information content (AvgIpc) is 3.00. The molecule has 1 aliphatic rings. The van der Waals surface area contributed by atoms with Gasteiger partial charge >= 0.3 is 0 Å². The fourth-order valence-corrected chi connectivity index (χ4v) is 2.79. The van der Waals surface area contributed by atoms with E-state index in [1.54, 1.807) is 12.3 Å². The summed E-state index contributed by atoms with van der Waals surface area (Å²) in [4.78, 5) is 13.3. The van der Waals surface area contributed by atoms with E-state index in [2.05, 4.69) is 31.7 Å². The van der Waals surface area contributed by atoms with E-state index < -0.39 is 0 Å². The standard InChI is InChI=1S/C16H20N6/c1-10(2)19-15-14-11(7-13(8-17)20-15)9-18-16(22-14)21-12-5-3-4-6-12/h7,9-10,12H,3-6H2,1-2H3,(H,19,20)(H,18,21,22). The van der Waals surface area contributed by atoms with Crippen molar-refractivity contribution in [2.45, 2.75) is 51.6 Å². The molecule has 3 rings (SSSR count). The molecule has 2 N–H and O–H groups in total. The van der Waals surface area contributed by atoms with E-state index in [0.29, 0.717) is 23.5 Å². The van der Waals surface area contributed by atoms with Gasteiger partial charge in [0.05, 0.1) is 0 Å². The van der Waals surface area contributed by atoms with Gasteiger partial charge < -0.3 is 10.6 Å². The van der Waals surface area contributed by atoms with Crippen LogP contribution in [0.4, 0.5) is 11.8 Å². The summed E-state index contributed by atoms with van der Waals surface area (Å²) in [5.74, 6) is 1.28. The first-order valence-corrected chi connectivity index (χ1v) is 7.76. The Bertz CT molecular complexity index is 712. The molecule has 114 valence electrons. The van der Waals surface area contributed by atoms with E-state index in [-0.39, 0.29) is 6.04 Å². The van der Waals surface area contributed by atoms with Crippen molar-refractivity contribution in [1.82, 2.24) is 15.0 Å². The molecule has 6 heteroatoms. The summed E-state index contributed by atoms with van der Waals surface area (Å²) in [6.45, 7) is 4.07. The van der Waals surface area contributed by atoms with Crippen LogP contribution < -0.4 is 10.6 Å². The van der Waals surface area contributed by atoms with Crippen molar-refractivity contribution in [2.24, 2.45) is 0 Å². The van der Waals surface area contributed by atoms with Gasteiger partial charge in [-0.3, -0.25) is 0 Å². The van der Waals surface area contributed by atoms with E-state index in [4.69, 9.17) is 5.26 Å². The lowest BCUT2D eigenvalue weighted by atomic mass is 10.2. The Balaban J connectivity index is 1.99. The van der Waals surface area contributed by atoms with Crippen molar-refractivity contribution in [1.29, 1.82) is 5.26 Å². The topological polar surface area (TPSA) is 86.5 Å². The van der Waals surface area contributed by atoms with Crippen molar-refractivity contribution in [2.75, 3.05) is 10.6 Å². The lowest BCUT2D eigenvalue weighted by Crippen LogP contribution is -2.17. The second-order valence-corrected chi connectivity index (χ2v) is 6.02. The summed E-state index contributed by atoms with van der Waals surface area (Å²) < 4.78 is 0. The molecule has 2 aromatic rings. The maximum absolute atomic E-state index is 9.11. The maximum atomic E-state index is 9.11. The van der Waals surface area contributed by atoms with Crippen molar-refractivity contribution in [3.8, 4) is 6.07 Å². The first-order valence-electron chi connectivity index (χ1n) is 7.76. The number of aromatic nitrogens is 3. The maximum Gasteiger partial charge on any atom is 0.223 e. The highest BCUT2D eigenvalue weighted by atomic mass is 15.1. The minimum atomic E-state index is 0.214. The Kier molecular flexibility index (Phi) is 4.05. The molecular formula is C16H20N6. The van der Waals surface area contributed by atoms with Crippen molar-refractivity contribution >= 4 is 22.7 Å². The number of hydrogen-bond acceptors (Lipinski definition) is 6. The fourth-order valence-electron chi connectivity index (χ4n) is 2.79. The zero-order valence-electron chi connectivity index (χ0n) is 12.9. The van der Waals surface area contributed by atoms with Gasteiger partial charge in [0, 0.05) is 23.7 Å². The normalized spacial score (nSPS) is 15.2. The summed E-state index contributed by atoms with van der Waals surface area (Å²) in [6, 6.07) is 4.48. The lowest BCUT2D eigenvalue weighted by molar-refractivity contribution is 0.745. The molecule has 2 aromatic heterocycles. The molecule has 2 heterocycles. The average molecular weight is 296 g/mol. The van der Waals surface area contributed by atoms with Gasteiger partial charge in [-0.2, -0.15) is 5.26 Å². The smallest absolute Gasteiger partial charge is 0.223 e. The quantitative estimate of drug-likeness (QED) is 0.901. The zero-order chi connectivity index (χ0) is 15.5. The van der Waals surface area contributed by atoms with Gasteiger partial charge in [0.15, 0.2) is 5.82 Å². The van der Waals surface area contributed by atoms with Crippen molar-refractivity contribution < 1.29 is 0 Å². The van der Waals surface area contributed by atoms with Crippen LogP contribution in [0.3, 0.4) is 0 Å². The molecule has 0 spiro atoms. The SMILES string of the molecule is CC(C)Nc1nc(C#N)cc2cnc(NC3CCCC3)nc12. The summed E-state index contributed by atoms with van der Waals surface area (Å²) in [6.07, 6.45) is 6.62. The number of nitrogens with zero attached hydrogens (tertiary/aromatic N) is 4. The third-order valence-corrected chi connectivity index (χ3v) is 3.79. The van der Waals surface area contributed by atoms with Crippen LogP contribution in [0.25, 0.3) is 10.9 Å². The number of nitrogens with one attached hydrogen (secondary N) is 2. The highest BCUT2D eigenvalue weighted by Gasteiger charge is 2.16. The molecule has 0 saturated heterocycles. The third-order valence-electron chi connectivity index (χ3n) is 3.79. The molecule has 0 radical (unpaired) electrons. The molecule has 0 atom stereocenters. The number of pyridine rings is 1. The molecule has 1 aliphatic carbocycles. The molecule has 0 aliphatic heterocycles. The van der Waals surface area contributed by atoms with Gasteiger partial charge in [-0.1, -0.05) is 12.8 Å². The predicted octanol–water partition coefficient (Wildman–Crippen LogP) is 3.07. The van der Waals surface area contributed by atoms with Crippen LogP contribution in [0.1, 0.15) is 45.2 Å². The molecular weight excluding hydrogens is 276 g/mol. The van der Waals surface area contributed by atoms with Crippen LogP contribution >= 0.6 is 0 Å². The Morgan fingerprint density at radius 2 is 2.05 bits per heavy atom. The first kappa shape index (κ1) is 14.5. The fraction of sp³-hybridized carbons (Fsp3) is 0.500. The largest absolute Gasteiger partial charge is 0.366 e. The van der Waals surface area contributed by atoms with Crippen molar-refractivity contribution in [3.05, 3.63) is 18.0 Å². The molecule has 1 fully saturated rings. The van der Waals surface area contributed by atoms with Gasteiger partial charge in [0.1, 0.15) is 17.3 Å². The molecule has 0 amide bonds. The summed E-state index contributed by atoms with van der Waals surface area (Å²) in [5.41, 5.74) is 1.12. The van der Waals surface area contributed by atoms with Gasteiger partial charge in [-0.15, -0.1) is 0 Å². The Hall–Kier alpha value is -2.42. The van der Waals surface area contributed by atoms with Crippen molar-refractivity contribution in [3.63, 3.8) is 0 Å². The van der Waals surface area contributed by atoms with E-state index >= 15 is 0 Å². The van der Waals surface area contributed by atoms with Crippen LogP contribution in [0.15, 0.2) is 12.3 Å².